The van der Waals surface area contributed by atoms with Crippen LogP contribution in [0.3, 0.4) is 0 Å². The third kappa shape index (κ3) is 3.44. The first-order valence-corrected chi connectivity index (χ1v) is 10.4. The fourth-order valence-electron chi connectivity index (χ4n) is 4.72. The Labute approximate surface area is 166 Å². The van der Waals surface area contributed by atoms with E-state index in [9.17, 15) is 9.59 Å². The number of rotatable bonds is 3. The van der Waals surface area contributed by atoms with Crippen molar-refractivity contribution in [1.82, 2.24) is 4.90 Å². The largest absolute Gasteiger partial charge is 0.347 e. The topological polar surface area (TPSA) is 59.1 Å². The molecule has 0 aromatic heterocycles. The van der Waals surface area contributed by atoms with Crippen LogP contribution in [0.5, 0.6) is 0 Å². The SMILES string of the molecule is Cc1cccc(C(C)C)c1N1CC(C(=O)N2CCC3(CC2)OCCO3)CC1=O. The molecule has 1 unspecified atom stereocenters. The number of anilines is 1. The molecule has 1 aromatic rings. The molecule has 3 aliphatic heterocycles. The number of ether oxygens (including phenoxy) is 2. The maximum absolute atomic E-state index is 13.1. The average Bonchev–Trinajstić information content (AvgIpc) is 3.28. The van der Waals surface area contributed by atoms with Gasteiger partial charge in [-0.15, -0.1) is 0 Å². The molecule has 3 fully saturated rings. The lowest BCUT2D eigenvalue weighted by Gasteiger charge is -2.38. The summed E-state index contributed by atoms with van der Waals surface area (Å²) in [7, 11) is 0. The molecular weight excluding hydrogens is 356 g/mol. The van der Waals surface area contributed by atoms with Crippen molar-refractivity contribution < 1.29 is 19.1 Å². The molecule has 3 saturated heterocycles. The second-order valence-corrected chi connectivity index (χ2v) is 8.51. The van der Waals surface area contributed by atoms with E-state index in [2.05, 4.69) is 19.9 Å². The lowest BCUT2D eigenvalue weighted by Crippen LogP contribution is -2.49. The Morgan fingerprint density at radius 2 is 1.86 bits per heavy atom. The summed E-state index contributed by atoms with van der Waals surface area (Å²) in [6.45, 7) is 9.31. The van der Waals surface area contributed by atoms with Gasteiger partial charge in [-0.25, -0.2) is 0 Å². The van der Waals surface area contributed by atoms with Crippen LogP contribution in [0.2, 0.25) is 0 Å². The summed E-state index contributed by atoms with van der Waals surface area (Å²) in [6, 6.07) is 6.16. The van der Waals surface area contributed by atoms with Gasteiger partial charge in [0.15, 0.2) is 5.79 Å². The van der Waals surface area contributed by atoms with Gasteiger partial charge in [-0.2, -0.15) is 0 Å². The highest BCUT2D eigenvalue weighted by atomic mass is 16.7. The summed E-state index contributed by atoms with van der Waals surface area (Å²) in [5.41, 5.74) is 3.24. The number of nitrogens with zero attached hydrogens (tertiary/aromatic N) is 2. The molecular formula is C22H30N2O4. The summed E-state index contributed by atoms with van der Waals surface area (Å²) in [5.74, 6) is -0.302. The van der Waals surface area contributed by atoms with Gasteiger partial charge in [-0.1, -0.05) is 32.0 Å². The van der Waals surface area contributed by atoms with E-state index in [1.807, 2.05) is 28.9 Å². The Morgan fingerprint density at radius 1 is 1.18 bits per heavy atom. The molecule has 1 atom stereocenters. The van der Waals surface area contributed by atoms with Crippen LogP contribution in [0.25, 0.3) is 0 Å². The molecule has 0 N–H and O–H groups in total. The Balaban J connectivity index is 1.46. The number of hydrogen-bond acceptors (Lipinski definition) is 4. The summed E-state index contributed by atoms with van der Waals surface area (Å²) >= 11 is 0. The molecule has 0 bridgehead atoms. The molecule has 6 heteroatoms. The number of piperidine rings is 1. The number of benzene rings is 1. The quantitative estimate of drug-likeness (QED) is 0.802. The van der Waals surface area contributed by atoms with Gasteiger partial charge >= 0.3 is 0 Å². The second-order valence-electron chi connectivity index (χ2n) is 8.51. The molecule has 0 radical (unpaired) electrons. The Morgan fingerprint density at radius 3 is 2.50 bits per heavy atom. The average molecular weight is 386 g/mol. The summed E-state index contributed by atoms with van der Waals surface area (Å²) < 4.78 is 11.5. The molecule has 2 amide bonds. The number of carbonyl (C=O) groups excluding carboxylic acids is 2. The van der Waals surface area contributed by atoms with Crippen LogP contribution >= 0.6 is 0 Å². The number of amides is 2. The first kappa shape index (κ1) is 19.4. The van der Waals surface area contributed by atoms with Crippen molar-refractivity contribution in [3.05, 3.63) is 29.3 Å². The summed E-state index contributed by atoms with van der Waals surface area (Å²) in [5, 5.41) is 0. The molecule has 28 heavy (non-hydrogen) atoms. The monoisotopic (exact) mass is 386 g/mol. The highest BCUT2D eigenvalue weighted by molar-refractivity contribution is 6.01. The van der Waals surface area contributed by atoms with Gasteiger partial charge in [0.25, 0.3) is 0 Å². The highest BCUT2D eigenvalue weighted by Gasteiger charge is 2.44. The van der Waals surface area contributed by atoms with Gasteiger partial charge < -0.3 is 19.3 Å². The zero-order chi connectivity index (χ0) is 19.9. The van der Waals surface area contributed by atoms with Crippen molar-refractivity contribution in [2.24, 2.45) is 5.92 Å². The standard InChI is InChI=1S/C22H30N2O4/c1-15(2)18-6-4-5-16(3)20(18)24-14-17(13-19(24)25)21(26)23-9-7-22(8-10-23)27-11-12-28-22/h4-6,15,17H,7-14H2,1-3H3. The number of carbonyl (C=O) groups is 2. The number of likely N-dealkylation sites (tertiary alicyclic amines) is 1. The Bertz CT molecular complexity index is 760. The van der Waals surface area contributed by atoms with E-state index < -0.39 is 5.79 Å². The second kappa shape index (κ2) is 7.48. The predicted octanol–water partition coefficient (Wildman–Crippen LogP) is 2.84. The van der Waals surface area contributed by atoms with Gasteiger partial charge in [-0.05, 0) is 24.0 Å². The molecule has 4 rings (SSSR count). The van der Waals surface area contributed by atoms with E-state index in [1.54, 1.807) is 0 Å². The molecule has 1 aromatic carbocycles. The third-order valence-corrected chi connectivity index (χ3v) is 6.29. The van der Waals surface area contributed by atoms with Crippen molar-refractivity contribution in [2.75, 3.05) is 37.7 Å². The highest BCUT2D eigenvalue weighted by Crippen LogP contribution is 2.36. The van der Waals surface area contributed by atoms with E-state index >= 15 is 0 Å². The zero-order valence-corrected chi connectivity index (χ0v) is 17.1. The van der Waals surface area contributed by atoms with Gasteiger partial charge in [0.2, 0.25) is 11.8 Å². The van der Waals surface area contributed by atoms with Crippen LogP contribution < -0.4 is 4.90 Å². The third-order valence-electron chi connectivity index (χ3n) is 6.29. The minimum absolute atomic E-state index is 0.0467. The van der Waals surface area contributed by atoms with E-state index in [-0.39, 0.29) is 17.7 Å². The summed E-state index contributed by atoms with van der Waals surface area (Å²) in [6.07, 6.45) is 1.70. The minimum atomic E-state index is -0.484. The molecule has 3 heterocycles. The first-order valence-electron chi connectivity index (χ1n) is 10.4. The van der Waals surface area contributed by atoms with Gasteiger partial charge in [0.1, 0.15) is 0 Å². The van der Waals surface area contributed by atoms with E-state index in [0.717, 1.165) is 16.8 Å². The summed E-state index contributed by atoms with van der Waals surface area (Å²) in [4.78, 5) is 29.6. The zero-order valence-electron chi connectivity index (χ0n) is 17.1. The van der Waals surface area contributed by atoms with E-state index in [1.165, 1.54) is 0 Å². The number of para-hydroxylation sites is 1. The molecule has 0 saturated carbocycles. The van der Waals surface area contributed by atoms with Gasteiger partial charge in [-0.3, -0.25) is 9.59 Å². The fraction of sp³-hybridized carbons (Fsp3) is 0.636. The molecule has 0 aliphatic carbocycles. The van der Waals surface area contributed by atoms with Crippen molar-refractivity contribution >= 4 is 17.5 Å². The van der Waals surface area contributed by atoms with Crippen LogP contribution in [0.15, 0.2) is 18.2 Å². The van der Waals surface area contributed by atoms with Crippen LogP contribution in [0.1, 0.15) is 50.2 Å². The normalized spacial score (nSPS) is 24.6. The van der Waals surface area contributed by atoms with Gasteiger partial charge in [0, 0.05) is 44.6 Å². The molecule has 6 nitrogen and oxygen atoms in total. The number of hydrogen-bond donors (Lipinski definition) is 0. The predicted molar refractivity (Wildman–Crippen MR) is 106 cm³/mol. The minimum Gasteiger partial charge on any atom is -0.347 e. The maximum atomic E-state index is 13.1. The first-order chi connectivity index (χ1) is 13.4. The number of aryl methyl sites for hydroxylation is 1. The maximum Gasteiger partial charge on any atom is 0.228 e. The van der Waals surface area contributed by atoms with Crippen LogP contribution in [0.4, 0.5) is 5.69 Å². The Kier molecular flexibility index (Phi) is 5.19. The van der Waals surface area contributed by atoms with E-state index in [0.29, 0.717) is 58.0 Å². The smallest absolute Gasteiger partial charge is 0.228 e. The molecule has 152 valence electrons. The Hall–Kier alpha value is -1.92. The van der Waals surface area contributed by atoms with Gasteiger partial charge in [0.05, 0.1) is 19.1 Å². The van der Waals surface area contributed by atoms with E-state index in [4.69, 9.17) is 9.47 Å². The van der Waals surface area contributed by atoms with Crippen molar-refractivity contribution in [2.45, 2.75) is 51.7 Å². The van der Waals surface area contributed by atoms with Crippen LogP contribution in [-0.2, 0) is 19.1 Å². The fourth-order valence-corrected chi connectivity index (χ4v) is 4.72. The van der Waals surface area contributed by atoms with Crippen LogP contribution in [0, 0.1) is 12.8 Å². The van der Waals surface area contributed by atoms with Crippen molar-refractivity contribution in [3.8, 4) is 0 Å². The van der Waals surface area contributed by atoms with Crippen LogP contribution in [-0.4, -0.2) is 55.3 Å². The lowest BCUT2D eigenvalue weighted by molar-refractivity contribution is -0.188. The lowest BCUT2D eigenvalue weighted by atomic mass is 9.97. The molecule has 3 aliphatic rings. The van der Waals surface area contributed by atoms with Crippen molar-refractivity contribution in [3.63, 3.8) is 0 Å². The van der Waals surface area contributed by atoms with Crippen molar-refractivity contribution in [1.29, 1.82) is 0 Å². The molecule has 1 spiro atoms.